The molecule has 12 heavy (non-hydrogen) atoms. The van der Waals surface area contributed by atoms with Crippen molar-refractivity contribution in [3.05, 3.63) is 17.0 Å². The van der Waals surface area contributed by atoms with Gasteiger partial charge in [-0.2, -0.15) is 0 Å². The number of carbonyl (C=O) groups is 2. The molecule has 0 aliphatic heterocycles. The van der Waals surface area contributed by atoms with Gasteiger partial charge >= 0.3 is 12.1 Å². The lowest BCUT2D eigenvalue weighted by atomic mass is 10.3. The summed E-state index contributed by atoms with van der Waals surface area (Å²) in [4.78, 5) is 21.0. The molecule has 0 saturated carbocycles. The second-order valence-corrected chi connectivity index (χ2v) is 2.89. The van der Waals surface area contributed by atoms with Crippen molar-refractivity contribution in [3.8, 4) is 0 Å². The van der Waals surface area contributed by atoms with Crippen LogP contribution in [-0.4, -0.2) is 12.1 Å². The highest BCUT2D eigenvalue weighted by Gasteiger charge is 2.11. The lowest BCUT2D eigenvalue weighted by Gasteiger charge is -1.94. The standard InChI is InChI=1S/C6H6N2O3S/c7-4-1-3(2-12-4)5(9)11-6(8)10/h1-2H,7H2,(H2,8,10). The smallest absolute Gasteiger partial charge is 0.391 e. The number of primary amides is 1. The van der Waals surface area contributed by atoms with Crippen LogP contribution < -0.4 is 11.5 Å². The third kappa shape index (κ3) is 1.96. The summed E-state index contributed by atoms with van der Waals surface area (Å²) in [6, 6.07) is 1.41. The quantitative estimate of drug-likeness (QED) is 0.495. The summed E-state index contributed by atoms with van der Waals surface area (Å²) in [5.41, 5.74) is 10.2. The first-order valence-corrected chi connectivity index (χ1v) is 3.83. The summed E-state index contributed by atoms with van der Waals surface area (Å²) in [5, 5.41) is 1.96. The maximum Gasteiger partial charge on any atom is 0.412 e. The van der Waals surface area contributed by atoms with Gasteiger partial charge in [-0.05, 0) is 6.07 Å². The number of ether oxygens (including phenoxy) is 1. The number of carbonyl (C=O) groups excluding carboxylic acids is 2. The average molecular weight is 186 g/mol. The Morgan fingerprint density at radius 2 is 2.17 bits per heavy atom. The molecule has 0 unspecified atom stereocenters. The van der Waals surface area contributed by atoms with Gasteiger partial charge in [-0.25, -0.2) is 9.59 Å². The zero-order valence-corrected chi connectivity index (χ0v) is 6.76. The number of amides is 1. The Kier molecular flexibility index (Phi) is 2.29. The predicted octanol–water partition coefficient (Wildman–Crippen LogP) is 0.566. The number of rotatable bonds is 1. The van der Waals surface area contributed by atoms with E-state index in [1.54, 1.807) is 0 Å². The molecule has 0 aliphatic carbocycles. The zero-order chi connectivity index (χ0) is 9.14. The summed E-state index contributed by atoms with van der Waals surface area (Å²) >= 11 is 1.18. The minimum absolute atomic E-state index is 0.233. The second-order valence-electron chi connectivity index (χ2n) is 1.95. The van der Waals surface area contributed by atoms with Crippen LogP contribution in [0.15, 0.2) is 11.4 Å². The Morgan fingerprint density at radius 3 is 2.58 bits per heavy atom. The van der Waals surface area contributed by atoms with Gasteiger partial charge in [0.1, 0.15) is 0 Å². The molecule has 0 saturated heterocycles. The van der Waals surface area contributed by atoms with Gasteiger partial charge in [-0.3, -0.25) is 0 Å². The molecule has 5 nitrogen and oxygen atoms in total. The highest BCUT2D eigenvalue weighted by Crippen LogP contribution is 2.16. The number of hydrogen-bond acceptors (Lipinski definition) is 5. The predicted molar refractivity (Wildman–Crippen MR) is 43.7 cm³/mol. The first-order valence-electron chi connectivity index (χ1n) is 2.95. The van der Waals surface area contributed by atoms with E-state index in [1.165, 1.54) is 22.8 Å². The van der Waals surface area contributed by atoms with Gasteiger partial charge in [0.05, 0.1) is 10.6 Å². The summed E-state index contributed by atoms with van der Waals surface area (Å²) in [6.07, 6.45) is -1.12. The van der Waals surface area contributed by atoms with Gasteiger partial charge in [0.25, 0.3) is 0 Å². The Bertz CT molecular complexity index is 320. The fraction of sp³-hybridized carbons (Fsp3) is 0. The van der Waals surface area contributed by atoms with E-state index in [0.717, 1.165) is 0 Å². The summed E-state index contributed by atoms with van der Waals surface area (Å²) in [7, 11) is 0. The fourth-order valence-electron chi connectivity index (χ4n) is 0.610. The SMILES string of the molecule is NC(=O)OC(=O)c1csc(N)c1. The Balaban J connectivity index is 2.72. The van der Waals surface area contributed by atoms with Crippen LogP contribution in [0.4, 0.5) is 9.80 Å². The van der Waals surface area contributed by atoms with Crippen LogP contribution in [0, 0.1) is 0 Å². The molecule has 0 aliphatic rings. The minimum Gasteiger partial charge on any atom is -0.391 e. The van der Waals surface area contributed by atoms with Crippen molar-refractivity contribution in [1.82, 2.24) is 0 Å². The maximum atomic E-state index is 10.9. The lowest BCUT2D eigenvalue weighted by Crippen LogP contribution is -2.17. The molecule has 0 radical (unpaired) electrons. The molecule has 1 aromatic rings. The Hall–Kier alpha value is -1.56. The molecule has 0 spiro atoms. The first kappa shape index (κ1) is 8.54. The van der Waals surface area contributed by atoms with E-state index in [9.17, 15) is 9.59 Å². The van der Waals surface area contributed by atoms with Crippen molar-refractivity contribution < 1.29 is 14.3 Å². The van der Waals surface area contributed by atoms with Gasteiger partial charge in [-0.1, -0.05) is 0 Å². The monoisotopic (exact) mass is 186 g/mol. The number of hydrogen-bond donors (Lipinski definition) is 2. The largest absolute Gasteiger partial charge is 0.412 e. The van der Waals surface area contributed by atoms with Crippen LogP contribution in [0.5, 0.6) is 0 Å². The van der Waals surface area contributed by atoms with Gasteiger partial charge < -0.3 is 16.2 Å². The highest BCUT2D eigenvalue weighted by atomic mass is 32.1. The highest BCUT2D eigenvalue weighted by molar-refractivity contribution is 7.14. The van der Waals surface area contributed by atoms with Crippen LogP contribution in [0.25, 0.3) is 0 Å². The molecule has 6 heteroatoms. The van der Waals surface area contributed by atoms with Gasteiger partial charge in [-0.15, -0.1) is 11.3 Å². The minimum atomic E-state index is -1.12. The van der Waals surface area contributed by atoms with Crippen molar-refractivity contribution in [2.75, 3.05) is 5.73 Å². The molecule has 1 heterocycles. The van der Waals surface area contributed by atoms with Gasteiger partial charge in [0, 0.05) is 5.38 Å². The summed E-state index contributed by atoms with van der Waals surface area (Å²) in [6.45, 7) is 0. The van der Waals surface area contributed by atoms with Crippen molar-refractivity contribution in [1.29, 1.82) is 0 Å². The van der Waals surface area contributed by atoms with Crippen molar-refractivity contribution in [3.63, 3.8) is 0 Å². The molecule has 1 aromatic heterocycles. The van der Waals surface area contributed by atoms with Crippen LogP contribution in [0.1, 0.15) is 10.4 Å². The number of nitrogen functional groups attached to an aromatic ring is 1. The van der Waals surface area contributed by atoms with Crippen LogP contribution in [-0.2, 0) is 4.74 Å². The van der Waals surface area contributed by atoms with E-state index in [0.29, 0.717) is 5.00 Å². The third-order valence-electron chi connectivity index (χ3n) is 1.05. The molecule has 64 valence electrons. The number of nitrogens with two attached hydrogens (primary N) is 2. The molecule has 0 bridgehead atoms. The Morgan fingerprint density at radius 1 is 1.50 bits per heavy atom. The molecule has 4 N–H and O–H groups in total. The van der Waals surface area contributed by atoms with Crippen molar-refractivity contribution in [2.45, 2.75) is 0 Å². The molecular weight excluding hydrogens is 180 g/mol. The van der Waals surface area contributed by atoms with E-state index in [2.05, 4.69) is 10.5 Å². The van der Waals surface area contributed by atoms with E-state index in [4.69, 9.17) is 5.73 Å². The Labute approximate surface area is 71.9 Å². The van der Waals surface area contributed by atoms with Crippen LogP contribution in [0.2, 0.25) is 0 Å². The number of anilines is 1. The van der Waals surface area contributed by atoms with E-state index in [-0.39, 0.29) is 5.56 Å². The maximum absolute atomic E-state index is 10.9. The van der Waals surface area contributed by atoms with Crippen molar-refractivity contribution in [2.24, 2.45) is 5.73 Å². The van der Waals surface area contributed by atoms with E-state index >= 15 is 0 Å². The zero-order valence-electron chi connectivity index (χ0n) is 5.94. The lowest BCUT2D eigenvalue weighted by molar-refractivity contribution is 0.0639. The number of esters is 1. The molecule has 1 rings (SSSR count). The third-order valence-corrected chi connectivity index (χ3v) is 1.81. The second kappa shape index (κ2) is 3.22. The normalized spacial score (nSPS) is 9.33. The topological polar surface area (TPSA) is 95.4 Å². The van der Waals surface area contributed by atoms with Gasteiger partial charge in [0.2, 0.25) is 0 Å². The molecule has 0 atom stereocenters. The summed E-state index contributed by atoms with van der Waals surface area (Å²) < 4.78 is 4.10. The van der Waals surface area contributed by atoms with Crippen LogP contribution in [0.3, 0.4) is 0 Å². The first-order chi connectivity index (χ1) is 5.59. The summed E-state index contributed by atoms with van der Waals surface area (Å²) in [5.74, 6) is -0.782. The van der Waals surface area contributed by atoms with E-state index in [1.807, 2.05) is 0 Å². The van der Waals surface area contributed by atoms with Crippen molar-refractivity contribution >= 4 is 28.4 Å². The molecule has 1 amide bonds. The fourth-order valence-corrected chi connectivity index (χ4v) is 1.23. The molecule has 0 aromatic carbocycles. The van der Waals surface area contributed by atoms with E-state index < -0.39 is 12.1 Å². The van der Waals surface area contributed by atoms with Gasteiger partial charge in [0.15, 0.2) is 0 Å². The molecular formula is C6H6N2O3S. The number of thiophene rings is 1. The van der Waals surface area contributed by atoms with Crippen LogP contribution >= 0.6 is 11.3 Å². The average Bonchev–Trinajstić information content (AvgIpc) is 2.34. The molecule has 0 fully saturated rings.